The number of carbonyl (C=O) groups excluding carboxylic acids is 1. The molecule has 0 spiro atoms. The van der Waals surface area contributed by atoms with Gasteiger partial charge in [-0.2, -0.15) is 0 Å². The molecule has 1 aliphatic rings. The summed E-state index contributed by atoms with van der Waals surface area (Å²) in [5.41, 5.74) is 2.29. The molecule has 1 aliphatic heterocycles. The van der Waals surface area contributed by atoms with Crippen molar-refractivity contribution in [1.82, 2.24) is 4.98 Å². The Morgan fingerprint density at radius 2 is 2.09 bits per heavy atom. The summed E-state index contributed by atoms with van der Waals surface area (Å²) >= 11 is 3.38. The quantitative estimate of drug-likeness (QED) is 0.870. The fraction of sp³-hybridized carbons (Fsp3) is 0.333. The third-order valence-corrected chi connectivity index (χ3v) is 4.63. The monoisotopic (exact) mass is 373 g/mol. The summed E-state index contributed by atoms with van der Waals surface area (Å²) in [4.78, 5) is 19.0. The summed E-state index contributed by atoms with van der Waals surface area (Å²) in [5, 5.41) is 2.88. The Bertz CT molecular complexity index is 687. The van der Waals surface area contributed by atoms with Crippen LogP contribution in [0.4, 0.5) is 11.4 Å². The lowest BCUT2D eigenvalue weighted by Crippen LogP contribution is -2.34. The zero-order valence-corrected chi connectivity index (χ0v) is 14.7. The summed E-state index contributed by atoms with van der Waals surface area (Å²) in [6.45, 7) is 4.36. The molecular weight excluding hydrogens is 354 g/mol. The fourth-order valence-electron chi connectivity index (χ4n) is 2.89. The van der Waals surface area contributed by atoms with Crippen LogP contribution in [0.5, 0.6) is 0 Å². The molecule has 4 nitrogen and oxygen atoms in total. The predicted octanol–water partition coefficient (Wildman–Crippen LogP) is 4.33. The second-order valence-electron chi connectivity index (χ2n) is 6.05. The van der Waals surface area contributed by atoms with Gasteiger partial charge in [0.25, 0.3) is 5.91 Å². The number of hydrogen-bond donors (Lipinski definition) is 1. The van der Waals surface area contributed by atoms with Crippen molar-refractivity contribution < 1.29 is 4.79 Å². The molecule has 0 radical (unpaired) electrons. The highest BCUT2D eigenvalue weighted by atomic mass is 79.9. The number of rotatable bonds is 3. The van der Waals surface area contributed by atoms with Crippen molar-refractivity contribution in [3.63, 3.8) is 0 Å². The van der Waals surface area contributed by atoms with Crippen LogP contribution in [0.25, 0.3) is 0 Å². The highest BCUT2D eigenvalue weighted by Crippen LogP contribution is 2.23. The Morgan fingerprint density at radius 3 is 2.83 bits per heavy atom. The number of nitrogens with zero attached hydrogens (tertiary/aromatic N) is 2. The first-order valence-corrected chi connectivity index (χ1v) is 8.69. The van der Waals surface area contributed by atoms with Gasteiger partial charge in [0.2, 0.25) is 0 Å². The van der Waals surface area contributed by atoms with E-state index in [0.29, 0.717) is 11.6 Å². The van der Waals surface area contributed by atoms with E-state index in [9.17, 15) is 4.79 Å². The number of piperidine rings is 1. The molecule has 1 unspecified atom stereocenters. The summed E-state index contributed by atoms with van der Waals surface area (Å²) in [6, 6.07) is 11.4. The maximum absolute atomic E-state index is 12.4. The third-order valence-electron chi connectivity index (χ3n) is 4.10. The van der Waals surface area contributed by atoms with Crippen LogP contribution in [0, 0.1) is 5.92 Å². The van der Waals surface area contributed by atoms with Crippen LogP contribution < -0.4 is 10.2 Å². The van der Waals surface area contributed by atoms with E-state index in [1.165, 1.54) is 12.8 Å². The molecule has 0 saturated carbocycles. The Kier molecular flexibility index (Phi) is 4.96. The first-order valence-electron chi connectivity index (χ1n) is 7.90. The van der Waals surface area contributed by atoms with Gasteiger partial charge in [0, 0.05) is 35.1 Å². The van der Waals surface area contributed by atoms with Gasteiger partial charge in [-0.1, -0.05) is 22.9 Å². The van der Waals surface area contributed by atoms with Gasteiger partial charge in [0.1, 0.15) is 5.69 Å². The van der Waals surface area contributed by atoms with Crippen molar-refractivity contribution in [3.05, 3.63) is 52.8 Å². The van der Waals surface area contributed by atoms with E-state index in [4.69, 9.17) is 0 Å². The number of halogens is 1. The van der Waals surface area contributed by atoms with E-state index in [-0.39, 0.29) is 5.91 Å². The SMILES string of the molecule is CC1CCCN(c2ccnc(C(=O)Nc3ccc(Br)cc3)c2)C1. The summed E-state index contributed by atoms with van der Waals surface area (Å²) in [7, 11) is 0. The molecule has 0 aliphatic carbocycles. The van der Waals surface area contributed by atoms with Crippen LogP contribution in [-0.4, -0.2) is 24.0 Å². The Hall–Kier alpha value is -1.88. The van der Waals surface area contributed by atoms with Crippen LogP contribution in [-0.2, 0) is 0 Å². The molecule has 1 N–H and O–H groups in total. The molecule has 1 saturated heterocycles. The van der Waals surface area contributed by atoms with Crippen LogP contribution in [0.15, 0.2) is 47.1 Å². The number of hydrogen-bond acceptors (Lipinski definition) is 3. The average molecular weight is 374 g/mol. The standard InChI is InChI=1S/C18H20BrN3O/c1-13-3-2-10-22(12-13)16-8-9-20-17(11-16)18(23)21-15-6-4-14(19)5-7-15/h4-9,11,13H,2-3,10,12H2,1H3,(H,21,23). The maximum atomic E-state index is 12.4. The lowest BCUT2D eigenvalue weighted by atomic mass is 10.00. The van der Waals surface area contributed by atoms with Crippen molar-refractivity contribution in [2.45, 2.75) is 19.8 Å². The van der Waals surface area contributed by atoms with Gasteiger partial charge >= 0.3 is 0 Å². The van der Waals surface area contributed by atoms with Gasteiger partial charge in [-0.05, 0) is 55.2 Å². The topological polar surface area (TPSA) is 45.2 Å². The predicted molar refractivity (Wildman–Crippen MR) is 96.9 cm³/mol. The third kappa shape index (κ3) is 4.10. The van der Waals surface area contributed by atoms with Gasteiger partial charge < -0.3 is 10.2 Å². The van der Waals surface area contributed by atoms with Crippen molar-refractivity contribution >= 4 is 33.2 Å². The number of pyridine rings is 1. The van der Waals surface area contributed by atoms with Crippen molar-refractivity contribution in [3.8, 4) is 0 Å². The van der Waals surface area contributed by atoms with Crippen molar-refractivity contribution in [1.29, 1.82) is 0 Å². The first-order chi connectivity index (χ1) is 11.1. The second kappa shape index (κ2) is 7.13. The van der Waals surface area contributed by atoms with Gasteiger partial charge in [0.05, 0.1) is 0 Å². The van der Waals surface area contributed by atoms with E-state index in [0.717, 1.165) is 28.9 Å². The van der Waals surface area contributed by atoms with E-state index in [2.05, 4.69) is 38.1 Å². The van der Waals surface area contributed by atoms with Crippen LogP contribution >= 0.6 is 15.9 Å². The Balaban J connectivity index is 1.73. The molecule has 1 aromatic heterocycles. The van der Waals surface area contributed by atoms with Crippen LogP contribution in [0.2, 0.25) is 0 Å². The Morgan fingerprint density at radius 1 is 1.30 bits per heavy atom. The minimum atomic E-state index is -0.181. The van der Waals surface area contributed by atoms with Crippen LogP contribution in [0.3, 0.4) is 0 Å². The maximum Gasteiger partial charge on any atom is 0.274 e. The van der Waals surface area contributed by atoms with Gasteiger partial charge in [-0.3, -0.25) is 9.78 Å². The molecule has 0 bridgehead atoms. The van der Waals surface area contributed by atoms with Gasteiger partial charge in [0.15, 0.2) is 0 Å². The molecule has 2 aromatic rings. The highest BCUT2D eigenvalue weighted by Gasteiger charge is 2.18. The molecule has 120 valence electrons. The number of nitrogens with one attached hydrogen (secondary N) is 1. The normalized spacial score (nSPS) is 17.8. The van der Waals surface area contributed by atoms with Crippen molar-refractivity contribution in [2.24, 2.45) is 5.92 Å². The largest absolute Gasteiger partial charge is 0.371 e. The minimum absolute atomic E-state index is 0.181. The number of anilines is 2. The molecule has 1 atom stereocenters. The Labute approximate surface area is 145 Å². The molecule has 3 rings (SSSR count). The van der Waals surface area contributed by atoms with E-state index in [1.54, 1.807) is 6.20 Å². The molecular formula is C18H20BrN3O. The lowest BCUT2D eigenvalue weighted by molar-refractivity contribution is 0.102. The fourth-order valence-corrected chi connectivity index (χ4v) is 3.16. The average Bonchev–Trinajstić information content (AvgIpc) is 2.57. The zero-order chi connectivity index (χ0) is 16.2. The van der Waals surface area contributed by atoms with E-state index in [1.807, 2.05) is 36.4 Å². The summed E-state index contributed by atoms with van der Waals surface area (Å²) in [5.74, 6) is 0.510. The number of aromatic nitrogens is 1. The molecule has 1 amide bonds. The molecule has 5 heteroatoms. The second-order valence-corrected chi connectivity index (χ2v) is 6.97. The summed E-state index contributed by atoms with van der Waals surface area (Å²) < 4.78 is 0.981. The molecule has 1 fully saturated rings. The highest BCUT2D eigenvalue weighted by molar-refractivity contribution is 9.10. The van der Waals surface area contributed by atoms with E-state index < -0.39 is 0 Å². The number of benzene rings is 1. The lowest BCUT2D eigenvalue weighted by Gasteiger charge is -2.32. The first kappa shape index (κ1) is 16.0. The number of carbonyl (C=O) groups is 1. The van der Waals surface area contributed by atoms with Crippen LogP contribution in [0.1, 0.15) is 30.3 Å². The van der Waals surface area contributed by atoms with Gasteiger partial charge in [-0.25, -0.2) is 0 Å². The smallest absolute Gasteiger partial charge is 0.274 e. The molecule has 2 heterocycles. The minimum Gasteiger partial charge on any atom is -0.371 e. The van der Waals surface area contributed by atoms with E-state index >= 15 is 0 Å². The molecule has 23 heavy (non-hydrogen) atoms. The number of amides is 1. The van der Waals surface area contributed by atoms with Gasteiger partial charge in [-0.15, -0.1) is 0 Å². The van der Waals surface area contributed by atoms with Crippen molar-refractivity contribution in [2.75, 3.05) is 23.3 Å². The summed E-state index contributed by atoms with van der Waals surface area (Å²) in [6.07, 6.45) is 4.19. The zero-order valence-electron chi connectivity index (χ0n) is 13.1. The molecule has 1 aromatic carbocycles.